The third-order valence-electron chi connectivity index (χ3n) is 2.89. The zero-order valence-electron chi connectivity index (χ0n) is 11.3. The Bertz CT molecular complexity index is 879. The summed E-state index contributed by atoms with van der Waals surface area (Å²) in [5.74, 6) is -0.143. The molecule has 3 rings (SSSR count). The normalized spacial score (nSPS) is 11.0. The van der Waals surface area contributed by atoms with Gasteiger partial charge in [-0.25, -0.2) is 4.98 Å². The molecule has 0 bridgehead atoms. The lowest BCUT2D eigenvalue weighted by molar-refractivity contribution is 0.102. The maximum Gasteiger partial charge on any atom is 0.262 e. The highest BCUT2D eigenvalue weighted by Crippen LogP contribution is 2.23. The van der Waals surface area contributed by atoms with Gasteiger partial charge in [-0.15, -0.1) is 10.2 Å². The van der Waals surface area contributed by atoms with Gasteiger partial charge >= 0.3 is 0 Å². The number of aryl methyl sites for hydroxylation is 2. The molecule has 3 aromatic rings. The van der Waals surface area contributed by atoms with Gasteiger partial charge in [0.1, 0.15) is 16.2 Å². The van der Waals surface area contributed by atoms with E-state index in [-0.39, 0.29) is 16.7 Å². The number of hydrogen-bond acceptors (Lipinski definition) is 7. The monoisotopic (exact) mass is 305 g/mol. The molecule has 21 heavy (non-hydrogen) atoms. The van der Waals surface area contributed by atoms with Crippen molar-refractivity contribution in [3.05, 3.63) is 33.0 Å². The maximum absolute atomic E-state index is 12.3. The zero-order chi connectivity index (χ0) is 15.0. The molecule has 3 heterocycles. The minimum Gasteiger partial charge on any atom is -0.442 e. The van der Waals surface area contributed by atoms with Gasteiger partial charge < -0.3 is 9.40 Å². The molecule has 0 radical (unpaired) electrons. The molecule has 0 saturated carbocycles. The lowest BCUT2D eigenvalue weighted by Gasteiger charge is -1.99. The average Bonchev–Trinajstić information content (AvgIpc) is 3.02. The molecule has 0 aliphatic rings. The fraction of sp³-hybridized carbons (Fsp3) is 0.250. The summed E-state index contributed by atoms with van der Waals surface area (Å²) < 4.78 is 5.34. The Balaban J connectivity index is 2.01. The molecule has 0 aliphatic carbocycles. The van der Waals surface area contributed by atoms with Crippen LogP contribution in [0.1, 0.15) is 28.0 Å². The van der Waals surface area contributed by atoms with Crippen molar-refractivity contribution in [3.8, 4) is 0 Å². The van der Waals surface area contributed by atoms with E-state index in [1.165, 1.54) is 17.7 Å². The van der Waals surface area contributed by atoms with E-state index in [0.717, 1.165) is 11.4 Å². The van der Waals surface area contributed by atoms with Crippen LogP contribution in [0.25, 0.3) is 11.1 Å². The molecule has 1 amide bonds. The van der Waals surface area contributed by atoms with Gasteiger partial charge in [-0.2, -0.15) is 0 Å². The largest absolute Gasteiger partial charge is 0.442 e. The summed E-state index contributed by atoms with van der Waals surface area (Å²) in [5, 5.41) is 11.8. The van der Waals surface area contributed by atoms with E-state index in [4.69, 9.17) is 4.42 Å². The number of hydrogen-bond donors (Lipinski definition) is 2. The highest BCUT2D eigenvalue weighted by Gasteiger charge is 2.22. The van der Waals surface area contributed by atoms with Crippen molar-refractivity contribution in [1.82, 2.24) is 20.2 Å². The number of amides is 1. The number of H-pyrrole nitrogens is 1. The smallest absolute Gasteiger partial charge is 0.262 e. The first-order valence-electron chi connectivity index (χ1n) is 6.20. The third kappa shape index (κ3) is 2.31. The van der Waals surface area contributed by atoms with Crippen molar-refractivity contribution in [2.45, 2.75) is 20.3 Å². The number of aromatic nitrogens is 4. The van der Waals surface area contributed by atoms with Crippen molar-refractivity contribution in [1.29, 1.82) is 0 Å². The minimum atomic E-state index is -0.469. The van der Waals surface area contributed by atoms with Crippen molar-refractivity contribution < 1.29 is 9.21 Å². The summed E-state index contributed by atoms with van der Waals surface area (Å²) in [6.45, 7) is 3.55. The fourth-order valence-electron chi connectivity index (χ4n) is 1.93. The number of fused-ring (bicyclic) bond motifs is 1. The van der Waals surface area contributed by atoms with Gasteiger partial charge in [-0.3, -0.25) is 14.9 Å². The molecule has 0 unspecified atom stereocenters. The van der Waals surface area contributed by atoms with E-state index in [1.54, 1.807) is 6.92 Å². The van der Waals surface area contributed by atoms with Crippen LogP contribution in [0, 0.1) is 6.92 Å². The molecule has 9 heteroatoms. The molecule has 2 N–H and O–H groups in total. The molecule has 0 atom stereocenters. The third-order valence-corrected chi connectivity index (χ3v) is 3.87. The standard InChI is InChI=1S/C12H11N5O3S/c1-3-6-16-17-12(21-6)15-10(19)7-5(2)20-11-8(7)9(18)13-4-14-11/h4H,3H2,1-2H3,(H,13,14,18)(H,15,17,19). The van der Waals surface area contributed by atoms with E-state index in [9.17, 15) is 9.59 Å². The summed E-state index contributed by atoms with van der Waals surface area (Å²) >= 11 is 1.29. The number of nitrogens with zero attached hydrogens (tertiary/aromatic N) is 3. The van der Waals surface area contributed by atoms with Crippen LogP contribution in [-0.2, 0) is 6.42 Å². The molecule has 3 aromatic heterocycles. The summed E-state index contributed by atoms with van der Waals surface area (Å²) in [6, 6.07) is 0. The van der Waals surface area contributed by atoms with E-state index < -0.39 is 11.5 Å². The number of anilines is 1. The highest BCUT2D eigenvalue weighted by atomic mass is 32.1. The fourth-order valence-corrected chi connectivity index (χ4v) is 2.61. The second-order valence-corrected chi connectivity index (χ2v) is 5.32. The van der Waals surface area contributed by atoms with Crippen molar-refractivity contribution >= 4 is 33.5 Å². The second kappa shape index (κ2) is 5.09. The van der Waals surface area contributed by atoms with Crippen molar-refractivity contribution in [2.24, 2.45) is 0 Å². The summed E-state index contributed by atoms with van der Waals surface area (Å²) in [7, 11) is 0. The Morgan fingerprint density at radius 2 is 2.29 bits per heavy atom. The Morgan fingerprint density at radius 3 is 3.00 bits per heavy atom. The van der Waals surface area contributed by atoms with Crippen LogP contribution in [0.5, 0.6) is 0 Å². The zero-order valence-corrected chi connectivity index (χ0v) is 12.1. The van der Waals surface area contributed by atoms with Gasteiger partial charge in [0, 0.05) is 0 Å². The van der Waals surface area contributed by atoms with Crippen LogP contribution in [0.4, 0.5) is 5.13 Å². The van der Waals surface area contributed by atoms with Crippen molar-refractivity contribution in [2.75, 3.05) is 5.32 Å². The van der Waals surface area contributed by atoms with Crippen LogP contribution >= 0.6 is 11.3 Å². The summed E-state index contributed by atoms with van der Waals surface area (Å²) in [5.41, 5.74) is -0.131. The highest BCUT2D eigenvalue weighted by molar-refractivity contribution is 7.15. The number of furan rings is 1. The predicted molar refractivity (Wildman–Crippen MR) is 76.6 cm³/mol. The topological polar surface area (TPSA) is 114 Å². The SMILES string of the molecule is CCc1nnc(NC(=O)c2c(C)oc3nc[nH]c(=O)c23)s1. The van der Waals surface area contributed by atoms with Gasteiger partial charge in [0.2, 0.25) is 10.8 Å². The van der Waals surface area contributed by atoms with E-state index in [1.807, 2.05) is 6.92 Å². The number of aromatic amines is 1. The quantitative estimate of drug-likeness (QED) is 0.757. The van der Waals surface area contributed by atoms with Crippen LogP contribution in [0.2, 0.25) is 0 Å². The number of nitrogens with one attached hydrogen (secondary N) is 2. The predicted octanol–water partition coefficient (Wildman–Crippen LogP) is 1.49. The molecule has 0 saturated heterocycles. The minimum absolute atomic E-state index is 0.132. The van der Waals surface area contributed by atoms with Crippen molar-refractivity contribution in [3.63, 3.8) is 0 Å². The van der Waals surface area contributed by atoms with E-state index in [2.05, 4.69) is 25.5 Å². The molecular formula is C12H11N5O3S. The number of carbonyl (C=O) groups is 1. The van der Waals surface area contributed by atoms with Gasteiger partial charge in [0.05, 0.1) is 11.9 Å². The first kappa shape index (κ1) is 13.4. The Labute approximate surface area is 122 Å². The molecule has 8 nitrogen and oxygen atoms in total. The van der Waals surface area contributed by atoms with Gasteiger partial charge in [0.15, 0.2) is 0 Å². The van der Waals surface area contributed by atoms with Crippen LogP contribution in [-0.4, -0.2) is 26.1 Å². The molecule has 0 fully saturated rings. The lowest BCUT2D eigenvalue weighted by Crippen LogP contribution is -2.16. The lowest BCUT2D eigenvalue weighted by atomic mass is 10.2. The Kier molecular flexibility index (Phi) is 3.26. The van der Waals surface area contributed by atoms with Gasteiger partial charge in [-0.05, 0) is 13.3 Å². The number of carbonyl (C=O) groups excluding carboxylic acids is 1. The Hall–Kier alpha value is -2.55. The summed E-state index contributed by atoms with van der Waals surface area (Å²) in [6.07, 6.45) is 1.97. The maximum atomic E-state index is 12.3. The second-order valence-electron chi connectivity index (χ2n) is 4.25. The first-order valence-corrected chi connectivity index (χ1v) is 7.02. The van der Waals surface area contributed by atoms with Crippen LogP contribution < -0.4 is 10.9 Å². The molecule has 0 spiro atoms. The first-order chi connectivity index (χ1) is 10.1. The average molecular weight is 305 g/mol. The molecule has 108 valence electrons. The Morgan fingerprint density at radius 1 is 1.48 bits per heavy atom. The van der Waals surface area contributed by atoms with E-state index >= 15 is 0 Å². The van der Waals surface area contributed by atoms with Crippen LogP contribution in [0.15, 0.2) is 15.5 Å². The number of rotatable bonds is 3. The van der Waals surface area contributed by atoms with Gasteiger partial charge in [-0.1, -0.05) is 18.3 Å². The molecule has 0 aliphatic heterocycles. The van der Waals surface area contributed by atoms with Crippen LogP contribution in [0.3, 0.4) is 0 Å². The molecular weight excluding hydrogens is 294 g/mol. The van der Waals surface area contributed by atoms with E-state index in [0.29, 0.717) is 10.9 Å². The van der Waals surface area contributed by atoms with Gasteiger partial charge in [0.25, 0.3) is 11.5 Å². The summed E-state index contributed by atoms with van der Waals surface area (Å²) in [4.78, 5) is 30.5. The molecule has 0 aromatic carbocycles.